The monoisotopic (exact) mass is 456 g/mol. The molecule has 0 unspecified atom stereocenters. The highest BCUT2D eigenvalue weighted by Gasteiger charge is 2.33. The molecule has 3 aromatic rings. The first kappa shape index (κ1) is 22.0. The van der Waals surface area contributed by atoms with Crippen molar-refractivity contribution in [3.8, 4) is 11.5 Å². The average molecular weight is 457 g/mol. The van der Waals surface area contributed by atoms with Gasteiger partial charge >= 0.3 is 11.9 Å². The van der Waals surface area contributed by atoms with Crippen LogP contribution in [0.3, 0.4) is 0 Å². The highest BCUT2D eigenvalue weighted by Crippen LogP contribution is 2.34. The van der Waals surface area contributed by atoms with E-state index in [0.717, 1.165) is 24.3 Å². The number of halogens is 4. The zero-order valence-electron chi connectivity index (χ0n) is 15.6. The minimum absolute atomic E-state index is 0.0741. The molecule has 0 aliphatic heterocycles. The van der Waals surface area contributed by atoms with Gasteiger partial charge in [0.2, 0.25) is 5.91 Å². The first-order valence-electron chi connectivity index (χ1n) is 8.46. The summed E-state index contributed by atoms with van der Waals surface area (Å²) < 4.78 is 44.6. The van der Waals surface area contributed by atoms with Crippen LogP contribution in [0.15, 0.2) is 45.6 Å². The molecule has 9 nitrogen and oxygen atoms in total. The lowest BCUT2D eigenvalue weighted by atomic mass is 10.1. The molecule has 1 amide bonds. The zero-order chi connectivity index (χ0) is 22.9. The van der Waals surface area contributed by atoms with Crippen LogP contribution < -0.4 is 11.1 Å². The van der Waals surface area contributed by atoms with Gasteiger partial charge < -0.3 is 9.73 Å². The van der Waals surface area contributed by atoms with Crippen LogP contribution >= 0.6 is 11.6 Å². The van der Waals surface area contributed by atoms with Crippen molar-refractivity contribution in [2.24, 2.45) is 0 Å². The van der Waals surface area contributed by atoms with E-state index in [1.807, 2.05) is 0 Å². The lowest BCUT2D eigenvalue weighted by molar-refractivity contribution is -0.384. The molecule has 3 rings (SSSR count). The molecular weight excluding hydrogens is 445 g/mol. The molecule has 0 fully saturated rings. The summed E-state index contributed by atoms with van der Waals surface area (Å²) in [5.41, 5.74) is -1.37. The van der Waals surface area contributed by atoms with Gasteiger partial charge in [-0.05, 0) is 30.7 Å². The Hall–Kier alpha value is -3.67. The Morgan fingerprint density at radius 3 is 2.65 bits per heavy atom. The zero-order valence-corrected chi connectivity index (χ0v) is 16.3. The number of hydrogen-bond donors (Lipinski definition) is 1. The van der Waals surface area contributed by atoms with Crippen LogP contribution in [0.25, 0.3) is 11.5 Å². The third-order valence-corrected chi connectivity index (χ3v) is 4.52. The summed E-state index contributed by atoms with van der Waals surface area (Å²) in [5, 5.41) is 16.8. The Bertz CT molecular complexity index is 1240. The third kappa shape index (κ3) is 4.74. The maximum atomic E-state index is 13.0. The van der Waals surface area contributed by atoms with Crippen molar-refractivity contribution >= 4 is 28.9 Å². The summed E-state index contributed by atoms with van der Waals surface area (Å²) in [6.45, 7) is 0.554. The highest BCUT2D eigenvalue weighted by atomic mass is 35.5. The lowest BCUT2D eigenvalue weighted by Crippen LogP contribution is -2.26. The van der Waals surface area contributed by atoms with Crippen molar-refractivity contribution in [3.63, 3.8) is 0 Å². The van der Waals surface area contributed by atoms with Crippen LogP contribution in [-0.2, 0) is 17.5 Å². The first-order valence-corrected chi connectivity index (χ1v) is 8.84. The van der Waals surface area contributed by atoms with E-state index in [4.69, 9.17) is 16.0 Å². The maximum absolute atomic E-state index is 13.0. The van der Waals surface area contributed by atoms with Crippen LogP contribution in [0.4, 0.5) is 24.5 Å². The number of nitrogens with zero attached hydrogens (tertiary/aromatic N) is 3. The maximum Gasteiger partial charge on any atom is 0.437 e. The van der Waals surface area contributed by atoms with Gasteiger partial charge in [-0.1, -0.05) is 17.7 Å². The van der Waals surface area contributed by atoms with Crippen LogP contribution in [0.1, 0.15) is 11.1 Å². The number of benzene rings is 2. The number of carbonyl (C=O) groups excluding carboxylic acids is 1. The summed E-state index contributed by atoms with van der Waals surface area (Å²) in [4.78, 5) is 34.4. The Morgan fingerprint density at radius 1 is 1.32 bits per heavy atom. The van der Waals surface area contributed by atoms with E-state index in [2.05, 4.69) is 10.4 Å². The van der Waals surface area contributed by atoms with E-state index >= 15 is 0 Å². The van der Waals surface area contributed by atoms with Crippen LogP contribution in [0.2, 0.25) is 5.02 Å². The summed E-state index contributed by atoms with van der Waals surface area (Å²) in [6, 6.07) is 6.70. The van der Waals surface area contributed by atoms with Gasteiger partial charge in [0.25, 0.3) is 11.6 Å². The van der Waals surface area contributed by atoms with Crippen LogP contribution in [-0.4, -0.2) is 20.6 Å². The Kier molecular flexibility index (Phi) is 5.84. The molecule has 0 radical (unpaired) electrons. The fraction of sp³-hybridized carbons (Fsp3) is 0.167. The number of anilines is 1. The smallest absolute Gasteiger partial charge is 0.388 e. The molecule has 0 atom stereocenters. The number of aromatic nitrogens is 2. The molecule has 162 valence electrons. The summed E-state index contributed by atoms with van der Waals surface area (Å²) in [6.07, 6.45) is -4.59. The molecule has 0 bridgehead atoms. The molecule has 1 heterocycles. The van der Waals surface area contributed by atoms with Gasteiger partial charge in [-0.3, -0.25) is 14.9 Å². The van der Waals surface area contributed by atoms with Gasteiger partial charge in [0.1, 0.15) is 6.54 Å². The topological polar surface area (TPSA) is 120 Å². The Morgan fingerprint density at radius 2 is 2.03 bits per heavy atom. The van der Waals surface area contributed by atoms with E-state index in [1.54, 1.807) is 0 Å². The molecule has 31 heavy (non-hydrogen) atoms. The number of non-ortho nitro benzene ring substituents is 1. The van der Waals surface area contributed by atoms with Gasteiger partial charge in [-0.25, -0.2) is 4.79 Å². The molecule has 1 N–H and O–H groups in total. The second-order valence-electron chi connectivity index (χ2n) is 6.28. The quantitative estimate of drug-likeness (QED) is 0.457. The predicted octanol–water partition coefficient (Wildman–Crippen LogP) is 4.03. The van der Waals surface area contributed by atoms with Crippen molar-refractivity contribution in [3.05, 3.63) is 73.2 Å². The second-order valence-corrected chi connectivity index (χ2v) is 6.68. The largest absolute Gasteiger partial charge is 0.437 e. The van der Waals surface area contributed by atoms with Gasteiger partial charge in [-0.2, -0.15) is 17.9 Å². The highest BCUT2D eigenvalue weighted by molar-refractivity contribution is 6.33. The number of nitrogens with one attached hydrogen (secondary N) is 1. The molecule has 0 saturated heterocycles. The number of rotatable bonds is 5. The predicted molar refractivity (Wildman–Crippen MR) is 103 cm³/mol. The fourth-order valence-electron chi connectivity index (χ4n) is 2.71. The van der Waals surface area contributed by atoms with Gasteiger partial charge in [0, 0.05) is 17.8 Å². The number of nitro benzene ring substituents is 1. The molecule has 2 aromatic carbocycles. The number of hydrogen-bond acceptors (Lipinski definition) is 6. The molecule has 0 aliphatic rings. The Balaban J connectivity index is 1.81. The molecule has 0 aliphatic carbocycles. The molecular formula is C18H12ClF3N4O5. The molecule has 0 spiro atoms. The average Bonchev–Trinajstić information content (AvgIpc) is 3.02. The van der Waals surface area contributed by atoms with Gasteiger partial charge in [-0.15, -0.1) is 5.10 Å². The first-order chi connectivity index (χ1) is 14.5. The molecule has 1 aromatic heterocycles. The van der Waals surface area contributed by atoms with E-state index in [9.17, 15) is 32.9 Å². The SMILES string of the molecule is Cc1c(NC(=O)Cn2nc(-c3ccc([N+](=O)[O-])cc3Cl)oc2=O)cccc1C(F)(F)F. The van der Waals surface area contributed by atoms with Gasteiger partial charge in [0.05, 0.1) is 21.1 Å². The van der Waals surface area contributed by atoms with E-state index in [0.29, 0.717) is 4.68 Å². The number of nitro groups is 1. The normalized spacial score (nSPS) is 11.4. The van der Waals surface area contributed by atoms with Crippen molar-refractivity contribution < 1.29 is 27.3 Å². The summed E-state index contributed by atoms with van der Waals surface area (Å²) >= 11 is 5.96. The standard InChI is InChI=1S/C18H12ClF3N4O5/c1-9-12(18(20,21)22)3-2-4-14(9)23-15(27)8-25-17(28)31-16(24-25)11-6-5-10(26(29)30)7-13(11)19/h2-7H,8H2,1H3,(H,23,27). The van der Waals surface area contributed by atoms with Crippen molar-refractivity contribution in [1.82, 2.24) is 9.78 Å². The molecule has 0 saturated carbocycles. The Labute approximate surface area is 176 Å². The van der Waals surface area contributed by atoms with E-state index in [-0.39, 0.29) is 33.4 Å². The minimum atomic E-state index is -4.59. The number of carbonyl (C=O) groups is 1. The van der Waals surface area contributed by atoms with Crippen molar-refractivity contribution in [1.29, 1.82) is 0 Å². The fourth-order valence-corrected chi connectivity index (χ4v) is 2.97. The second kappa shape index (κ2) is 8.22. The van der Waals surface area contributed by atoms with E-state index < -0.39 is 34.9 Å². The number of alkyl halides is 3. The lowest BCUT2D eigenvalue weighted by Gasteiger charge is -2.14. The van der Waals surface area contributed by atoms with Crippen molar-refractivity contribution in [2.45, 2.75) is 19.6 Å². The summed E-state index contributed by atoms with van der Waals surface area (Å²) in [5.74, 6) is -2.13. The molecule has 13 heteroatoms. The van der Waals surface area contributed by atoms with Crippen LogP contribution in [0, 0.1) is 17.0 Å². The number of amides is 1. The van der Waals surface area contributed by atoms with Crippen LogP contribution in [0.5, 0.6) is 0 Å². The van der Waals surface area contributed by atoms with E-state index in [1.165, 1.54) is 19.1 Å². The third-order valence-electron chi connectivity index (χ3n) is 4.21. The minimum Gasteiger partial charge on any atom is -0.388 e. The van der Waals surface area contributed by atoms with Crippen molar-refractivity contribution in [2.75, 3.05) is 5.32 Å². The summed E-state index contributed by atoms with van der Waals surface area (Å²) in [7, 11) is 0. The van der Waals surface area contributed by atoms with Gasteiger partial charge in [0.15, 0.2) is 0 Å².